The molecule has 0 radical (unpaired) electrons. The van der Waals surface area contributed by atoms with Crippen molar-refractivity contribution in [1.82, 2.24) is 25.7 Å². The van der Waals surface area contributed by atoms with Gasteiger partial charge in [0, 0.05) is 11.3 Å². The van der Waals surface area contributed by atoms with Gasteiger partial charge in [0.05, 0.1) is 17.5 Å². The van der Waals surface area contributed by atoms with Gasteiger partial charge in [-0.2, -0.15) is 5.10 Å². The molecule has 4 rings (SSSR count). The summed E-state index contributed by atoms with van der Waals surface area (Å²) in [4.78, 5) is 26.6. The van der Waals surface area contributed by atoms with Crippen LogP contribution in [0, 0.1) is 31.6 Å². The molecule has 2 amide bonds. The maximum atomic E-state index is 13.8. The Balaban J connectivity index is 1.58. The highest BCUT2D eigenvalue weighted by atomic mass is 16.6. The van der Waals surface area contributed by atoms with Gasteiger partial charge in [0.2, 0.25) is 5.91 Å². The second-order valence-corrected chi connectivity index (χ2v) is 11.1. The van der Waals surface area contributed by atoms with E-state index in [2.05, 4.69) is 31.0 Å². The first-order chi connectivity index (χ1) is 17.8. The topological polar surface area (TPSA) is 122 Å². The van der Waals surface area contributed by atoms with Crippen molar-refractivity contribution in [2.75, 3.05) is 5.32 Å². The van der Waals surface area contributed by atoms with Gasteiger partial charge in [-0.25, -0.2) is 4.79 Å². The van der Waals surface area contributed by atoms with Crippen LogP contribution >= 0.6 is 0 Å². The van der Waals surface area contributed by atoms with Crippen LogP contribution in [-0.4, -0.2) is 44.5 Å². The zero-order valence-electron chi connectivity index (χ0n) is 22.7. The molecule has 9 heteroatoms. The fourth-order valence-electron chi connectivity index (χ4n) is 6.34. The lowest BCUT2D eigenvalue weighted by atomic mass is 9.66. The van der Waals surface area contributed by atoms with Crippen molar-refractivity contribution in [3.63, 3.8) is 0 Å². The molecule has 0 aliphatic heterocycles. The highest BCUT2D eigenvalue weighted by molar-refractivity contribution is 5.96. The molecule has 2 aliphatic carbocycles. The van der Waals surface area contributed by atoms with Gasteiger partial charge in [-0.1, -0.05) is 64.2 Å². The lowest BCUT2D eigenvalue weighted by Crippen LogP contribution is -2.53. The smallest absolute Gasteiger partial charge is 0.408 e. The molecule has 2 aromatic rings. The molecule has 202 valence electrons. The average Bonchev–Trinajstić information content (AvgIpc) is 3.22. The lowest BCUT2D eigenvalue weighted by Gasteiger charge is -2.41. The number of hydrogen-bond acceptors (Lipinski definition) is 6. The van der Waals surface area contributed by atoms with Crippen LogP contribution in [0.2, 0.25) is 0 Å². The van der Waals surface area contributed by atoms with Crippen LogP contribution in [0.1, 0.15) is 89.4 Å². The predicted molar refractivity (Wildman–Crippen MR) is 143 cm³/mol. The van der Waals surface area contributed by atoms with Crippen LogP contribution in [0.15, 0.2) is 12.1 Å². The number of hydrogen-bond donors (Lipinski definition) is 3. The molecule has 2 heterocycles. The van der Waals surface area contributed by atoms with E-state index in [0.29, 0.717) is 23.3 Å². The van der Waals surface area contributed by atoms with Crippen LogP contribution in [-0.2, 0) is 9.53 Å². The summed E-state index contributed by atoms with van der Waals surface area (Å²) in [5.41, 5.74) is 3.37. The van der Waals surface area contributed by atoms with Gasteiger partial charge in [-0.05, 0) is 57.6 Å². The quantitative estimate of drug-likeness (QED) is 0.419. The van der Waals surface area contributed by atoms with E-state index in [1.807, 2.05) is 33.8 Å². The molecule has 2 aliphatic rings. The summed E-state index contributed by atoms with van der Waals surface area (Å²) >= 11 is 0. The molecule has 2 saturated carbocycles. The summed E-state index contributed by atoms with van der Waals surface area (Å²) in [6, 6.07) is 2.91. The summed E-state index contributed by atoms with van der Waals surface area (Å²) < 4.78 is 5.42. The van der Waals surface area contributed by atoms with E-state index in [9.17, 15) is 9.59 Å². The van der Waals surface area contributed by atoms with E-state index in [0.717, 1.165) is 42.6 Å². The fourth-order valence-corrected chi connectivity index (χ4v) is 6.34. The first kappa shape index (κ1) is 27.1. The van der Waals surface area contributed by atoms with Crippen molar-refractivity contribution in [3.05, 3.63) is 23.5 Å². The molecule has 2 aromatic heterocycles. The van der Waals surface area contributed by atoms with Crippen LogP contribution in [0.5, 0.6) is 0 Å². The van der Waals surface area contributed by atoms with Crippen LogP contribution in [0.4, 0.5) is 10.6 Å². The maximum Gasteiger partial charge on any atom is 0.408 e. The van der Waals surface area contributed by atoms with Crippen LogP contribution in [0.25, 0.3) is 11.3 Å². The normalized spacial score (nSPS) is 18.1. The third-order valence-electron chi connectivity index (χ3n) is 7.97. The molecule has 37 heavy (non-hydrogen) atoms. The van der Waals surface area contributed by atoms with Crippen molar-refractivity contribution < 1.29 is 14.3 Å². The van der Waals surface area contributed by atoms with Crippen molar-refractivity contribution in [3.8, 4) is 11.3 Å². The molecule has 0 unspecified atom stereocenters. The standard InChI is InChI=1S/C28H42N6O3/c1-17(2)37-28(36)30-26(25(20-11-7-5-8-12-20)21-13-9-6-10-14-21)27(35)29-23-16-15-22(33-34-23)24-18(3)31-32-19(24)4/h15-17,20-21,25-26H,5-14H2,1-4H3,(H,30,36)(H,31,32)(H,29,34,35)/t26-/m0/s1. The number of aryl methyl sites for hydroxylation is 2. The highest BCUT2D eigenvalue weighted by Crippen LogP contribution is 2.42. The number of carbonyl (C=O) groups excluding carboxylic acids is 2. The monoisotopic (exact) mass is 510 g/mol. The van der Waals surface area contributed by atoms with E-state index >= 15 is 0 Å². The highest BCUT2D eigenvalue weighted by Gasteiger charge is 2.41. The number of carbonyl (C=O) groups is 2. The summed E-state index contributed by atoms with van der Waals surface area (Å²) in [6.45, 7) is 7.49. The molecule has 0 spiro atoms. The van der Waals surface area contributed by atoms with Crippen molar-refractivity contribution in [1.29, 1.82) is 0 Å². The fraction of sp³-hybridized carbons (Fsp3) is 0.679. The minimum atomic E-state index is -0.683. The Morgan fingerprint density at radius 3 is 2.05 bits per heavy atom. The average molecular weight is 511 g/mol. The summed E-state index contributed by atoms with van der Waals surface area (Å²) in [5.74, 6) is 1.01. The van der Waals surface area contributed by atoms with Gasteiger partial charge >= 0.3 is 6.09 Å². The molecule has 9 nitrogen and oxygen atoms in total. The third-order valence-corrected chi connectivity index (χ3v) is 7.97. The second-order valence-electron chi connectivity index (χ2n) is 11.1. The van der Waals surface area contributed by atoms with Crippen LogP contribution in [0.3, 0.4) is 0 Å². The molecule has 2 fully saturated rings. The zero-order chi connectivity index (χ0) is 26.4. The molecule has 1 atom stereocenters. The number of ether oxygens (including phenoxy) is 1. The Hall–Kier alpha value is -2.97. The van der Waals surface area contributed by atoms with E-state index in [4.69, 9.17) is 4.74 Å². The zero-order valence-corrected chi connectivity index (χ0v) is 22.7. The number of aromatic amines is 1. The van der Waals surface area contributed by atoms with Gasteiger partial charge in [0.1, 0.15) is 6.04 Å². The Bertz CT molecular complexity index is 1000. The first-order valence-electron chi connectivity index (χ1n) is 14.0. The van der Waals surface area contributed by atoms with E-state index in [1.54, 1.807) is 6.07 Å². The molecule has 0 bridgehead atoms. The number of amides is 2. The largest absolute Gasteiger partial charge is 0.447 e. The van der Waals surface area contributed by atoms with E-state index in [-0.39, 0.29) is 17.9 Å². The SMILES string of the molecule is Cc1n[nH]c(C)c1-c1ccc(NC(=O)[C@@H](NC(=O)OC(C)C)C(C2CCCCC2)C2CCCCC2)nn1. The van der Waals surface area contributed by atoms with Gasteiger partial charge in [-0.15, -0.1) is 10.2 Å². The molecule has 3 N–H and O–H groups in total. The number of alkyl carbamates (subject to hydrolysis) is 1. The molecular weight excluding hydrogens is 468 g/mol. The van der Waals surface area contributed by atoms with Crippen molar-refractivity contribution in [2.24, 2.45) is 17.8 Å². The number of anilines is 1. The van der Waals surface area contributed by atoms with E-state index < -0.39 is 12.1 Å². The first-order valence-corrected chi connectivity index (χ1v) is 14.0. The Morgan fingerprint density at radius 1 is 0.946 bits per heavy atom. The van der Waals surface area contributed by atoms with Gasteiger partial charge < -0.3 is 15.4 Å². The molecule has 0 aromatic carbocycles. The molecular formula is C28H42N6O3. The minimum Gasteiger partial charge on any atom is -0.447 e. The van der Waals surface area contributed by atoms with Crippen molar-refractivity contribution in [2.45, 2.75) is 104 Å². The van der Waals surface area contributed by atoms with Gasteiger partial charge in [0.25, 0.3) is 0 Å². The van der Waals surface area contributed by atoms with Crippen molar-refractivity contribution >= 4 is 17.8 Å². The second kappa shape index (κ2) is 12.5. The maximum absolute atomic E-state index is 13.8. The summed E-state index contributed by atoms with van der Waals surface area (Å²) in [5, 5.41) is 21.8. The number of aromatic nitrogens is 4. The molecule has 0 saturated heterocycles. The van der Waals surface area contributed by atoms with Crippen LogP contribution < -0.4 is 10.6 Å². The number of nitrogens with one attached hydrogen (secondary N) is 3. The van der Waals surface area contributed by atoms with Gasteiger partial charge in [-0.3, -0.25) is 9.89 Å². The van der Waals surface area contributed by atoms with Gasteiger partial charge in [0.15, 0.2) is 5.82 Å². The number of rotatable bonds is 8. The lowest BCUT2D eigenvalue weighted by molar-refractivity contribution is -0.121. The predicted octanol–water partition coefficient (Wildman–Crippen LogP) is 5.70. The Kier molecular flexibility index (Phi) is 9.16. The summed E-state index contributed by atoms with van der Waals surface area (Å²) in [6.07, 6.45) is 10.8. The third kappa shape index (κ3) is 6.87. The Labute approximate surface area is 219 Å². The number of H-pyrrole nitrogens is 1. The van der Waals surface area contributed by atoms with E-state index in [1.165, 1.54) is 38.5 Å². The summed E-state index contributed by atoms with van der Waals surface area (Å²) in [7, 11) is 0. The Morgan fingerprint density at radius 2 is 1.57 bits per heavy atom. The minimum absolute atomic E-state index is 0.0729. The number of nitrogens with zero attached hydrogens (tertiary/aromatic N) is 3.